The van der Waals surface area contributed by atoms with Crippen molar-refractivity contribution < 1.29 is 4.74 Å². The first-order chi connectivity index (χ1) is 9.06. The third kappa shape index (κ3) is 2.03. The zero-order chi connectivity index (χ0) is 13.6. The van der Waals surface area contributed by atoms with E-state index in [1.54, 1.807) is 4.68 Å². The van der Waals surface area contributed by atoms with Gasteiger partial charge in [0.2, 0.25) is 5.88 Å². The highest BCUT2D eigenvalue weighted by Crippen LogP contribution is 2.38. The first-order valence-electron chi connectivity index (χ1n) is 6.82. The SMILES string of the molecule is CC(C)c1c(-c2cnn(C)c2)nn2c1O[C@H](C)CC2. The number of rotatable bonds is 2. The first kappa shape index (κ1) is 12.3. The summed E-state index contributed by atoms with van der Waals surface area (Å²) in [4.78, 5) is 0. The van der Waals surface area contributed by atoms with Gasteiger partial charge in [0.1, 0.15) is 5.69 Å². The quantitative estimate of drug-likeness (QED) is 0.833. The maximum Gasteiger partial charge on any atom is 0.216 e. The number of nitrogens with zero attached hydrogens (tertiary/aromatic N) is 4. The third-order valence-corrected chi connectivity index (χ3v) is 3.56. The van der Waals surface area contributed by atoms with E-state index < -0.39 is 0 Å². The monoisotopic (exact) mass is 260 g/mol. The summed E-state index contributed by atoms with van der Waals surface area (Å²) in [7, 11) is 1.92. The molecule has 0 saturated heterocycles. The van der Waals surface area contributed by atoms with Gasteiger partial charge >= 0.3 is 0 Å². The number of aromatic nitrogens is 4. The number of hydrogen-bond donors (Lipinski definition) is 0. The third-order valence-electron chi connectivity index (χ3n) is 3.56. The summed E-state index contributed by atoms with van der Waals surface area (Å²) in [5.41, 5.74) is 3.26. The van der Waals surface area contributed by atoms with Crippen molar-refractivity contribution in [3.63, 3.8) is 0 Å². The molecule has 0 aromatic carbocycles. The summed E-state index contributed by atoms with van der Waals surface area (Å²) in [6.45, 7) is 7.40. The van der Waals surface area contributed by atoms with Gasteiger partial charge in [-0.1, -0.05) is 13.8 Å². The molecule has 19 heavy (non-hydrogen) atoms. The molecule has 102 valence electrons. The van der Waals surface area contributed by atoms with Crippen LogP contribution in [-0.2, 0) is 13.6 Å². The maximum absolute atomic E-state index is 6.01. The largest absolute Gasteiger partial charge is 0.475 e. The zero-order valence-electron chi connectivity index (χ0n) is 11.9. The molecule has 1 atom stereocenters. The van der Waals surface area contributed by atoms with Crippen LogP contribution in [0, 0.1) is 0 Å². The second kappa shape index (κ2) is 4.40. The van der Waals surface area contributed by atoms with E-state index >= 15 is 0 Å². The van der Waals surface area contributed by atoms with Crippen LogP contribution < -0.4 is 4.74 Å². The van der Waals surface area contributed by atoms with Crippen LogP contribution >= 0.6 is 0 Å². The van der Waals surface area contributed by atoms with Gasteiger partial charge in [-0.3, -0.25) is 4.68 Å². The normalized spacial score (nSPS) is 18.5. The van der Waals surface area contributed by atoms with E-state index in [4.69, 9.17) is 9.84 Å². The lowest BCUT2D eigenvalue weighted by molar-refractivity contribution is 0.147. The summed E-state index contributed by atoms with van der Waals surface area (Å²) in [6, 6.07) is 0. The van der Waals surface area contributed by atoms with E-state index in [0.717, 1.165) is 30.1 Å². The van der Waals surface area contributed by atoms with Gasteiger partial charge < -0.3 is 4.74 Å². The summed E-state index contributed by atoms with van der Waals surface area (Å²) < 4.78 is 9.81. The number of hydrogen-bond acceptors (Lipinski definition) is 3. The second-order valence-electron chi connectivity index (χ2n) is 5.57. The van der Waals surface area contributed by atoms with Crippen molar-refractivity contribution in [2.24, 2.45) is 7.05 Å². The van der Waals surface area contributed by atoms with Crippen LogP contribution in [0.2, 0.25) is 0 Å². The van der Waals surface area contributed by atoms with Crippen molar-refractivity contribution in [3.05, 3.63) is 18.0 Å². The molecule has 3 heterocycles. The predicted octanol–water partition coefficient (Wildman–Crippen LogP) is 2.58. The van der Waals surface area contributed by atoms with E-state index in [-0.39, 0.29) is 6.10 Å². The Morgan fingerprint density at radius 1 is 1.42 bits per heavy atom. The highest BCUT2D eigenvalue weighted by Gasteiger charge is 2.27. The molecule has 0 aliphatic carbocycles. The van der Waals surface area contributed by atoms with E-state index in [2.05, 4.69) is 25.9 Å². The molecule has 0 radical (unpaired) electrons. The molecule has 0 bridgehead atoms. The molecule has 5 heteroatoms. The van der Waals surface area contributed by atoms with Crippen LogP contribution in [0.5, 0.6) is 5.88 Å². The van der Waals surface area contributed by atoms with Gasteiger partial charge in [-0.25, -0.2) is 4.68 Å². The van der Waals surface area contributed by atoms with Crippen LogP contribution in [0.4, 0.5) is 0 Å². The topological polar surface area (TPSA) is 44.9 Å². The van der Waals surface area contributed by atoms with Crippen LogP contribution in [0.1, 0.15) is 38.7 Å². The molecule has 0 fully saturated rings. The number of fused-ring (bicyclic) bond motifs is 1. The van der Waals surface area contributed by atoms with Gasteiger partial charge in [0, 0.05) is 37.3 Å². The van der Waals surface area contributed by atoms with Gasteiger partial charge in [0.05, 0.1) is 12.3 Å². The molecule has 3 rings (SSSR count). The van der Waals surface area contributed by atoms with E-state index in [0.29, 0.717) is 5.92 Å². The molecule has 2 aromatic rings. The van der Waals surface area contributed by atoms with Crippen LogP contribution in [-0.4, -0.2) is 25.7 Å². The van der Waals surface area contributed by atoms with Crippen LogP contribution in [0.25, 0.3) is 11.3 Å². The Morgan fingerprint density at radius 3 is 2.84 bits per heavy atom. The summed E-state index contributed by atoms with van der Waals surface area (Å²) >= 11 is 0. The Morgan fingerprint density at radius 2 is 2.21 bits per heavy atom. The fraction of sp³-hybridized carbons (Fsp3) is 0.571. The van der Waals surface area contributed by atoms with Crippen molar-refractivity contribution in [2.75, 3.05) is 0 Å². The van der Waals surface area contributed by atoms with Gasteiger partial charge in [-0.05, 0) is 12.8 Å². The highest BCUT2D eigenvalue weighted by atomic mass is 16.5. The molecule has 5 nitrogen and oxygen atoms in total. The Balaban J connectivity index is 2.14. The van der Waals surface area contributed by atoms with Crippen molar-refractivity contribution in [2.45, 2.75) is 45.8 Å². The summed E-state index contributed by atoms with van der Waals surface area (Å²) in [5, 5.41) is 8.97. The smallest absolute Gasteiger partial charge is 0.216 e. The molecule has 0 saturated carbocycles. The molecular formula is C14H20N4O. The Hall–Kier alpha value is -1.78. The van der Waals surface area contributed by atoms with Crippen LogP contribution in [0.15, 0.2) is 12.4 Å². The predicted molar refractivity (Wildman–Crippen MR) is 73.2 cm³/mol. The lowest BCUT2D eigenvalue weighted by Gasteiger charge is -2.23. The lowest BCUT2D eigenvalue weighted by Crippen LogP contribution is -2.23. The minimum absolute atomic E-state index is 0.267. The fourth-order valence-electron chi connectivity index (χ4n) is 2.57. The van der Waals surface area contributed by atoms with Crippen molar-refractivity contribution in [1.82, 2.24) is 19.6 Å². The molecule has 1 aliphatic heterocycles. The standard InChI is InChI=1S/C14H20N4O/c1-9(2)12-13(11-7-15-17(4)8-11)16-18-6-5-10(3)19-14(12)18/h7-10H,5-6H2,1-4H3/t10-/m1/s1. The van der Waals surface area contributed by atoms with Crippen LogP contribution in [0.3, 0.4) is 0 Å². The second-order valence-corrected chi connectivity index (χ2v) is 5.57. The molecular weight excluding hydrogens is 240 g/mol. The Labute approximate surface area is 113 Å². The zero-order valence-corrected chi connectivity index (χ0v) is 11.9. The molecule has 0 unspecified atom stereocenters. The minimum atomic E-state index is 0.267. The lowest BCUT2D eigenvalue weighted by atomic mass is 10.0. The summed E-state index contributed by atoms with van der Waals surface area (Å²) in [6.07, 6.45) is 5.15. The molecule has 1 aliphatic rings. The highest BCUT2D eigenvalue weighted by molar-refractivity contribution is 5.65. The molecule has 0 amide bonds. The minimum Gasteiger partial charge on any atom is -0.475 e. The van der Waals surface area contributed by atoms with E-state index in [1.807, 2.05) is 24.1 Å². The number of ether oxygens (including phenoxy) is 1. The van der Waals surface area contributed by atoms with E-state index in [9.17, 15) is 0 Å². The van der Waals surface area contributed by atoms with Gasteiger partial charge in [-0.2, -0.15) is 10.2 Å². The maximum atomic E-state index is 6.01. The van der Waals surface area contributed by atoms with Crippen molar-refractivity contribution in [3.8, 4) is 17.1 Å². The van der Waals surface area contributed by atoms with Gasteiger partial charge in [0.15, 0.2) is 0 Å². The molecule has 0 N–H and O–H groups in total. The van der Waals surface area contributed by atoms with Gasteiger partial charge in [-0.15, -0.1) is 0 Å². The molecule has 0 spiro atoms. The van der Waals surface area contributed by atoms with Gasteiger partial charge in [0.25, 0.3) is 0 Å². The molecule has 2 aromatic heterocycles. The summed E-state index contributed by atoms with van der Waals surface area (Å²) in [5.74, 6) is 1.32. The first-order valence-corrected chi connectivity index (χ1v) is 6.82. The van der Waals surface area contributed by atoms with Crippen molar-refractivity contribution >= 4 is 0 Å². The Bertz CT molecular complexity index is 597. The Kier molecular flexibility index (Phi) is 2.84. The van der Waals surface area contributed by atoms with Crippen molar-refractivity contribution in [1.29, 1.82) is 0 Å². The fourth-order valence-corrected chi connectivity index (χ4v) is 2.57. The average Bonchev–Trinajstić information content (AvgIpc) is 2.91. The average molecular weight is 260 g/mol. The van der Waals surface area contributed by atoms with E-state index in [1.165, 1.54) is 5.56 Å². The number of aryl methyl sites for hydroxylation is 2.